The molecule has 2 heteroatoms. The molecule has 50 valence electrons. The van der Waals surface area contributed by atoms with Crippen LogP contribution in [0.3, 0.4) is 0 Å². The number of allylic oxidation sites excluding steroid dienone is 1. The highest BCUT2D eigenvalue weighted by molar-refractivity contribution is 5.13. The van der Waals surface area contributed by atoms with Crippen LogP contribution in [0.2, 0.25) is 0 Å². The second-order valence-electron chi connectivity index (χ2n) is 2.93. The average Bonchev–Trinajstić information content (AvgIpc) is 2.58. The van der Waals surface area contributed by atoms with Gasteiger partial charge in [0.2, 0.25) is 0 Å². The molecular weight excluding hydrogens is 112 g/mol. The summed E-state index contributed by atoms with van der Waals surface area (Å²) in [5, 5.41) is 2.12. The maximum atomic E-state index is 3.31. The van der Waals surface area contributed by atoms with Crippen LogP contribution in [-0.2, 0) is 0 Å². The van der Waals surface area contributed by atoms with E-state index in [1.165, 1.54) is 18.5 Å². The molecule has 0 radical (unpaired) electrons. The number of rotatable bonds is 1. The molecule has 9 heavy (non-hydrogen) atoms. The van der Waals surface area contributed by atoms with Gasteiger partial charge in [-0.15, -0.1) is 0 Å². The Morgan fingerprint density at radius 2 is 2.44 bits per heavy atom. The molecule has 0 amide bonds. The van der Waals surface area contributed by atoms with Crippen molar-refractivity contribution in [1.29, 1.82) is 0 Å². The first kappa shape index (κ1) is 5.30. The summed E-state index contributed by atoms with van der Waals surface area (Å²) in [5.41, 5.74) is 4.77. The largest absolute Gasteiger partial charge is 0.323 e. The second kappa shape index (κ2) is 1.74. The van der Waals surface area contributed by atoms with Crippen molar-refractivity contribution in [3.05, 3.63) is 11.8 Å². The lowest BCUT2D eigenvalue weighted by atomic mass is 10.3. The number of hydrogen-bond acceptors (Lipinski definition) is 2. The predicted octanol–water partition coefficient (Wildman–Crippen LogP) is 0.730. The van der Waals surface area contributed by atoms with E-state index in [0.29, 0.717) is 0 Å². The van der Waals surface area contributed by atoms with Gasteiger partial charge in [-0.2, -0.15) is 0 Å². The Bertz CT molecular complexity index is 147. The summed E-state index contributed by atoms with van der Waals surface area (Å²) >= 11 is 0. The van der Waals surface area contributed by atoms with E-state index in [4.69, 9.17) is 0 Å². The van der Waals surface area contributed by atoms with E-state index in [2.05, 4.69) is 23.6 Å². The highest BCUT2D eigenvalue weighted by Gasteiger charge is 2.28. The molecule has 0 aromatic carbocycles. The third-order valence-corrected chi connectivity index (χ3v) is 1.92. The number of nitrogens with one attached hydrogen (secondary N) is 1. The third-order valence-electron chi connectivity index (χ3n) is 1.92. The highest BCUT2D eigenvalue weighted by atomic mass is 15.5. The van der Waals surface area contributed by atoms with E-state index in [1.54, 1.807) is 0 Å². The van der Waals surface area contributed by atoms with E-state index >= 15 is 0 Å². The molecule has 1 saturated carbocycles. The summed E-state index contributed by atoms with van der Waals surface area (Å²) in [6.07, 6.45) is 5.08. The fourth-order valence-corrected chi connectivity index (χ4v) is 1.20. The highest BCUT2D eigenvalue weighted by Crippen LogP contribution is 2.35. The van der Waals surface area contributed by atoms with Crippen LogP contribution in [0, 0.1) is 5.92 Å². The molecular formula is C7H12N2. The molecule has 1 fully saturated rings. The molecule has 1 aliphatic heterocycles. The second-order valence-corrected chi connectivity index (χ2v) is 2.93. The van der Waals surface area contributed by atoms with Gasteiger partial charge in [0.25, 0.3) is 0 Å². The zero-order valence-corrected chi connectivity index (χ0v) is 5.72. The van der Waals surface area contributed by atoms with Gasteiger partial charge >= 0.3 is 0 Å². The Kier molecular flexibility index (Phi) is 1.02. The normalized spacial score (nSPS) is 27.9. The summed E-state index contributed by atoms with van der Waals surface area (Å²) in [4.78, 5) is 0. The van der Waals surface area contributed by atoms with Gasteiger partial charge < -0.3 is 5.43 Å². The molecule has 2 aliphatic rings. The number of hydrogen-bond donors (Lipinski definition) is 1. The van der Waals surface area contributed by atoms with Gasteiger partial charge in [0.05, 0.1) is 0 Å². The fraction of sp³-hybridized carbons (Fsp3) is 0.714. The van der Waals surface area contributed by atoms with Crippen LogP contribution in [0.4, 0.5) is 0 Å². The molecule has 0 spiro atoms. The van der Waals surface area contributed by atoms with Gasteiger partial charge in [-0.25, -0.2) is 5.01 Å². The Labute approximate surface area is 55.5 Å². The summed E-state index contributed by atoms with van der Waals surface area (Å²) in [6.45, 7) is 1.08. The van der Waals surface area contributed by atoms with Crippen LogP contribution in [-0.4, -0.2) is 18.6 Å². The first-order valence-electron chi connectivity index (χ1n) is 3.54. The van der Waals surface area contributed by atoms with Crippen molar-refractivity contribution in [1.82, 2.24) is 10.4 Å². The first-order valence-corrected chi connectivity index (χ1v) is 3.54. The van der Waals surface area contributed by atoms with Crippen LogP contribution < -0.4 is 5.43 Å². The van der Waals surface area contributed by atoms with E-state index in [0.717, 1.165) is 12.5 Å². The van der Waals surface area contributed by atoms with E-state index in [-0.39, 0.29) is 0 Å². The zero-order valence-electron chi connectivity index (χ0n) is 5.72. The first-order chi connectivity index (χ1) is 4.36. The fourth-order valence-electron chi connectivity index (χ4n) is 1.20. The molecule has 0 aromatic rings. The van der Waals surface area contributed by atoms with Crippen molar-refractivity contribution in [3.63, 3.8) is 0 Å². The Morgan fingerprint density at radius 3 is 2.89 bits per heavy atom. The van der Waals surface area contributed by atoms with Gasteiger partial charge in [-0.1, -0.05) is 0 Å². The maximum absolute atomic E-state index is 3.31. The molecule has 1 N–H and O–H groups in total. The Morgan fingerprint density at radius 1 is 1.67 bits per heavy atom. The third kappa shape index (κ3) is 0.944. The lowest BCUT2D eigenvalue weighted by Crippen LogP contribution is -2.27. The smallest absolute Gasteiger partial charge is 0.0376 e. The monoisotopic (exact) mass is 124 g/mol. The zero-order chi connectivity index (χ0) is 6.27. The van der Waals surface area contributed by atoms with Crippen molar-refractivity contribution in [3.8, 4) is 0 Å². The molecule has 1 heterocycles. The molecule has 0 unspecified atom stereocenters. The molecule has 0 bridgehead atoms. The number of nitrogens with zero attached hydrogens (tertiary/aromatic N) is 1. The molecule has 0 aromatic heterocycles. The van der Waals surface area contributed by atoms with Gasteiger partial charge in [-0.05, 0) is 24.8 Å². The van der Waals surface area contributed by atoms with E-state index in [1.807, 2.05) is 0 Å². The van der Waals surface area contributed by atoms with Crippen molar-refractivity contribution < 1.29 is 0 Å². The van der Waals surface area contributed by atoms with Gasteiger partial charge in [0.15, 0.2) is 0 Å². The minimum Gasteiger partial charge on any atom is -0.323 e. The SMILES string of the molecule is CN1CC=C(C2CC2)N1. The maximum Gasteiger partial charge on any atom is 0.0376 e. The lowest BCUT2D eigenvalue weighted by molar-refractivity contribution is 0.316. The van der Waals surface area contributed by atoms with E-state index < -0.39 is 0 Å². The summed E-state index contributed by atoms with van der Waals surface area (Å²) < 4.78 is 0. The standard InChI is InChI=1S/C7H12N2/c1-9-5-4-7(8-9)6-2-3-6/h4,6,8H,2-3,5H2,1H3. The van der Waals surface area contributed by atoms with Crippen molar-refractivity contribution in [2.45, 2.75) is 12.8 Å². The minimum atomic E-state index is 0.884. The van der Waals surface area contributed by atoms with Gasteiger partial charge in [0, 0.05) is 19.3 Å². The molecule has 0 atom stereocenters. The molecule has 0 saturated heterocycles. The molecule has 2 nitrogen and oxygen atoms in total. The van der Waals surface area contributed by atoms with Gasteiger partial charge in [-0.3, -0.25) is 0 Å². The Balaban J connectivity index is 1.98. The topological polar surface area (TPSA) is 15.3 Å². The van der Waals surface area contributed by atoms with Crippen LogP contribution in [0.5, 0.6) is 0 Å². The quantitative estimate of drug-likeness (QED) is 0.554. The van der Waals surface area contributed by atoms with Crippen molar-refractivity contribution in [2.75, 3.05) is 13.6 Å². The average molecular weight is 124 g/mol. The lowest BCUT2D eigenvalue weighted by Gasteiger charge is -2.10. The van der Waals surface area contributed by atoms with E-state index in [9.17, 15) is 0 Å². The molecule has 1 aliphatic carbocycles. The van der Waals surface area contributed by atoms with Crippen LogP contribution in [0.25, 0.3) is 0 Å². The van der Waals surface area contributed by atoms with Gasteiger partial charge in [0.1, 0.15) is 0 Å². The number of hydrazine groups is 1. The summed E-state index contributed by atoms with van der Waals surface area (Å²) in [6, 6.07) is 0. The minimum absolute atomic E-state index is 0.884. The molecule has 2 rings (SSSR count). The summed E-state index contributed by atoms with van der Waals surface area (Å²) in [7, 11) is 2.08. The summed E-state index contributed by atoms with van der Waals surface area (Å²) in [5.74, 6) is 0.884. The van der Waals surface area contributed by atoms with Crippen molar-refractivity contribution >= 4 is 0 Å². The van der Waals surface area contributed by atoms with Crippen LogP contribution in [0.1, 0.15) is 12.8 Å². The Hall–Kier alpha value is -0.500. The van der Waals surface area contributed by atoms with Crippen LogP contribution in [0.15, 0.2) is 11.8 Å². The number of likely N-dealkylation sites (N-methyl/N-ethyl adjacent to an activating group) is 1. The van der Waals surface area contributed by atoms with Crippen LogP contribution >= 0.6 is 0 Å². The van der Waals surface area contributed by atoms with Crippen molar-refractivity contribution in [2.24, 2.45) is 5.92 Å². The predicted molar refractivity (Wildman–Crippen MR) is 36.6 cm³/mol.